The molecule has 0 spiro atoms. The quantitative estimate of drug-likeness (QED) is 0.805. The summed E-state index contributed by atoms with van der Waals surface area (Å²) < 4.78 is 5.03. The van der Waals surface area contributed by atoms with Gasteiger partial charge in [0.25, 0.3) is 0 Å². The number of hydrogen-bond donors (Lipinski definition) is 0. The van der Waals surface area contributed by atoms with Crippen LogP contribution < -0.4 is 0 Å². The second-order valence-corrected chi connectivity index (χ2v) is 4.83. The lowest BCUT2D eigenvalue weighted by atomic mass is 10.1. The summed E-state index contributed by atoms with van der Waals surface area (Å²) in [5, 5.41) is 3.97. The zero-order chi connectivity index (χ0) is 11.4. The third-order valence-corrected chi connectivity index (χ3v) is 3.46. The van der Waals surface area contributed by atoms with Crippen LogP contribution in [0, 0.1) is 13.8 Å². The van der Waals surface area contributed by atoms with Crippen molar-refractivity contribution in [1.82, 2.24) is 5.16 Å². The van der Waals surface area contributed by atoms with E-state index in [1.54, 1.807) is 0 Å². The standard InChI is InChI=1S/C13H15NOS/c1-10-5-3-4-6-12(10)8-16-9-13-7-11(2)15-14-13/h3-7H,8-9H2,1-2H3. The molecule has 0 radical (unpaired) electrons. The molecule has 0 bridgehead atoms. The Morgan fingerprint density at radius 2 is 2.00 bits per heavy atom. The number of aromatic nitrogens is 1. The Labute approximate surface area is 100 Å². The first-order valence-electron chi connectivity index (χ1n) is 5.30. The number of aryl methyl sites for hydroxylation is 2. The molecule has 1 aromatic heterocycles. The van der Waals surface area contributed by atoms with Gasteiger partial charge in [0.05, 0.1) is 5.69 Å². The van der Waals surface area contributed by atoms with Gasteiger partial charge in [-0.25, -0.2) is 0 Å². The fraction of sp³-hybridized carbons (Fsp3) is 0.308. The second-order valence-electron chi connectivity index (χ2n) is 3.85. The second kappa shape index (κ2) is 5.21. The molecule has 0 atom stereocenters. The molecule has 0 aliphatic heterocycles. The Balaban J connectivity index is 1.87. The summed E-state index contributed by atoms with van der Waals surface area (Å²) in [4.78, 5) is 0. The number of benzene rings is 1. The van der Waals surface area contributed by atoms with Gasteiger partial charge in [-0.2, -0.15) is 11.8 Å². The molecule has 16 heavy (non-hydrogen) atoms. The van der Waals surface area contributed by atoms with E-state index in [2.05, 4.69) is 36.3 Å². The zero-order valence-corrected chi connectivity index (χ0v) is 10.4. The largest absolute Gasteiger partial charge is 0.361 e. The summed E-state index contributed by atoms with van der Waals surface area (Å²) in [5.41, 5.74) is 3.77. The van der Waals surface area contributed by atoms with Crippen LogP contribution in [-0.4, -0.2) is 5.16 Å². The molecule has 0 unspecified atom stereocenters. The molecule has 0 N–H and O–H groups in total. The molecule has 2 aromatic rings. The zero-order valence-electron chi connectivity index (χ0n) is 9.56. The average molecular weight is 233 g/mol. The van der Waals surface area contributed by atoms with E-state index < -0.39 is 0 Å². The van der Waals surface area contributed by atoms with Gasteiger partial charge in [-0.15, -0.1) is 0 Å². The van der Waals surface area contributed by atoms with Crippen LogP contribution in [-0.2, 0) is 11.5 Å². The fourth-order valence-electron chi connectivity index (χ4n) is 1.52. The van der Waals surface area contributed by atoms with Gasteiger partial charge in [0.2, 0.25) is 0 Å². The first-order chi connectivity index (χ1) is 7.75. The molecule has 0 saturated heterocycles. The summed E-state index contributed by atoms with van der Waals surface area (Å²) >= 11 is 1.86. The topological polar surface area (TPSA) is 26.0 Å². The van der Waals surface area contributed by atoms with Crippen molar-refractivity contribution in [3.8, 4) is 0 Å². The lowest BCUT2D eigenvalue weighted by Crippen LogP contribution is -1.86. The minimum atomic E-state index is 0.881. The van der Waals surface area contributed by atoms with Crippen LogP contribution in [0.5, 0.6) is 0 Å². The van der Waals surface area contributed by atoms with Crippen LogP contribution in [0.4, 0.5) is 0 Å². The van der Waals surface area contributed by atoms with Gasteiger partial charge in [0, 0.05) is 17.6 Å². The Hall–Kier alpha value is -1.22. The average Bonchev–Trinajstić information content (AvgIpc) is 2.67. The Morgan fingerprint density at radius 1 is 1.19 bits per heavy atom. The fourth-order valence-corrected chi connectivity index (χ4v) is 2.51. The molecular formula is C13H15NOS. The van der Waals surface area contributed by atoms with Crippen molar-refractivity contribution >= 4 is 11.8 Å². The highest BCUT2D eigenvalue weighted by atomic mass is 32.2. The van der Waals surface area contributed by atoms with Crippen LogP contribution in [0.1, 0.15) is 22.6 Å². The maximum absolute atomic E-state index is 5.03. The van der Waals surface area contributed by atoms with Gasteiger partial charge in [-0.05, 0) is 25.0 Å². The lowest BCUT2D eigenvalue weighted by molar-refractivity contribution is 0.393. The Morgan fingerprint density at radius 3 is 2.69 bits per heavy atom. The maximum atomic E-state index is 5.03. The van der Waals surface area contributed by atoms with Crippen molar-refractivity contribution in [2.75, 3.05) is 0 Å². The summed E-state index contributed by atoms with van der Waals surface area (Å²) in [7, 11) is 0. The first-order valence-corrected chi connectivity index (χ1v) is 6.45. The van der Waals surface area contributed by atoms with Crippen LogP contribution in [0.3, 0.4) is 0 Å². The third kappa shape index (κ3) is 2.89. The molecule has 1 aromatic carbocycles. The molecule has 3 heteroatoms. The molecule has 0 amide bonds. The van der Waals surface area contributed by atoms with E-state index in [0.29, 0.717) is 0 Å². The lowest BCUT2D eigenvalue weighted by Gasteiger charge is -2.03. The normalized spacial score (nSPS) is 10.6. The van der Waals surface area contributed by atoms with Crippen molar-refractivity contribution in [3.05, 3.63) is 52.9 Å². The van der Waals surface area contributed by atoms with Crippen molar-refractivity contribution in [1.29, 1.82) is 0 Å². The van der Waals surface area contributed by atoms with Crippen LogP contribution in [0.25, 0.3) is 0 Å². The molecule has 0 saturated carbocycles. The SMILES string of the molecule is Cc1cc(CSCc2ccccc2C)no1. The third-order valence-electron chi connectivity index (χ3n) is 2.45. The molecule has 0 aliphatic rings. The van der Waals surface area contributed by atoms with Crippen molar-refractivity contribution in [2.24, 2.45) is 0 Å². The van der Waals surface area contributed by atoms with Crippen molar-refractivity contribution in [2.45, 2.75) is 25.4 Å². The van der Waals surface area contributed by atoms with E-state index >= 15 is 0 Å². The summed E-state index contributed by atoms with van der Waals surface area (Å²) in [6.45, 7) is 4.07. The van der Waals surface area contributed by atoms with Gasteiger partial charge < -0.3 is 4.52 Å². The van der Waals surface area contributed by atoms with Crippen LogP contribution in [0.15, 0.2) is 34.9 Å². The van der Waals surface area contributed by atoms with Crippen LogP contribution >= 0.6 is 11.8 Å². The molecule has 0 aliphatic carbocycles. The molecule has 1 heterocycles. The number of thioether (sulfide) groups is 1. The van der Waals surface area contributed by atoms with E-state index in [1.807, 2.05) is 24.8 Å². The Kier molecular flexibility index (Phi) is 3.67. The minimum absolute atomic E-state index is 0.881. The highest BCUT2D eigenvalue weighted by molar-refractivity contribution is 7.97. The van der Waals surface area contributed by atoms with Gasteiger partial charge in [-0.3, -0.25) is 0 Å². The highest BCUT2D eigenvalue weighted by Gasteiger charge is 2.01. The maximum Gasteiger partial charge on any atom is 0.133 e. The summed E-state index contributed by atoms with van der Waals surface area (Å²) in [5.74, 6) is 2.82. The van der Waals surface area contributed by atoms with E-state index in [9.17, 15) is 0 Å². The summed E-state index contributed by atoms with van der Waals surface area (Å²) in [6, 6.07) is 10.5. The Bertz CT molecular complexity index is 464. The molecule has 2 nitrogen and oxygen atoms in total. The number of hydrogen-bond acceptors (Lipinski definition) is 3. The van der Waals surface area contributed by atoms with Gasteiger partial charge in [-0.1, -0.05) is 29.4 Å². The van der Waals surface area contributed by atoms with E-state index in [0.717, 1.165) is 23.0 Å². The van der Waals surface area contributed by atoms with E-state index in [4.69, 9.17) is 4.52 Å². The smallest absolute Gasteiger partial charge is 0.133 e. The molecule has 2 rings (SSSR count). The molecular weight excluding hydrogens is 218 g/mol. The van der Waals surface area contributed by atoms with Gasteiger partial charge in [0.1, 0.15) is 5.76 Å². The van der Waals surface area contributed by atoms with Gasteiger partial charge >= 0.3 is 0 Å². The minimum Gasteiger partial charge on any atom is -0.361 e. The van der Waals surface area contributed by atoms with Crippen LogP contribution in [0.2, 0.25) is 0 Å². The molecule has 0 fully saturated rings. The monoisotopic (exact) mass is 233 g/mol. The summed E-state index contributed by atoms with van der Waals surface area (Å²) in [6.07, 6.45) is 0. The number of nitrogens with zero attached hydrogens (tertiary/aromatic N) is 1. The first kappa shape index (κ1) is 11.3. The predicted molar refractivity (Wildman–Crippen MR) is 67.4 cm³/mol. The van der Waals surface area contributed by atoms with Crippen molar-refractivity contribution < 1.29 is 4.52 Å². The van der Waals surface area contributed by atoms with E-state index in [-0.39, 0.29) is 0 Å². The predicted octanol–water partition coefficient (Wildman–Crippen LogP) is 3.72. The van der Waals surface area contributed by atoms with Crippen molar-refractivity contribution in [3.63, 3.8) is 0 Å². The highest BCUT2D eigenvalue weighted by Crippen LogP contribution is 2.19. The van der Waals surface area contributed by atoms with E-state index in [1.165, 1.54) is 11.1 Å². The molecule has 84 valence electrons. The number of rotatable bonds is 4. The van der Waals surface area contributed by atoms with Gasteiger partial charge in [0.15, 0.2) is 0 Å².